The van der Waals surface area contributed by atoms with E-state index in [0.29, 0.717) is 6.04 Å². The number of hydrogen-bond donors (Lipinski definition) is 1. The number of piperazine rings is 1. The predicted octanol–water partition coefficient (Wildman–Crippen LogP) is 2.39. The van der Waals surface area contributed by atoms with Crippen LogP contribution < -0.4 is 4.90 Å². The van der Waals surface area contributed by atoms with Crippen molar-refractivity contribution in [1.82, 2.24) is 9.99 Å². The van der Waals surface area contributed by atoms with E-state index in [0.717, 1.165) is 31.9 Å². The summed E-state index contributed by atoms with van der Waals surface area (Å²) < 4.78 is 0. The van der Waals surface area contributed by atoms with Crippen LogP contribution in [0.2, 0.25) is 0 Å². The van der Waals surface area contributed by atoms with E-state index in [2.05, 4.69) is 63.6 Å². The number of pyridine rings is 1. The molecule has 1 N–H and O–H groups in total. The summed E-state index contributed by atoms with van der Waals surface area (Å²) in [5.74, 6) is 0. The third kappa shape index (κ3) is 3.02. The van der Waals surface area contributed by atoms with Gasteiger partial charge in [0.25, 0.3) is 0 Å². The molecule has 0 spiro atoms. The van der Waals surface area contributed by atoms with E-state index in [4.69, 9.17) is 0 Å². The lowest BCUT2D eigenvalue weighted by Gasteiger charge is -2.34. The van der Waals surface area contributed by atoms with Gasteiger partial charge in [-0.05, 0) is 23.3 Å². The molecule has 0 radical (unpaired) electrons. The van der Waals surface area contributed by atoms with Crippen LogP contribution in [0.1, 0.15) is 22.9 Å². The molecule has 1 saturated heterocycles. The van der Waals surface area contributed by atoms with Crippen LogP contribution in [0.4, 0.5) is 0 Å². The number of rotatable bonds is 3. The smallest absolute Gasteiger partial charge is 0.140 e. The van der Waals surface area contributed by atoms with E-state index in [1.165, 1.54) is 22.3 Å². The molecule has 5 rings (SSSR count). The molecule has 1 aliphatic carbocycles. The highest BCUT2D eigenvalue weighted by Gasteiger charge is 2.37. The maximum absolute atomic E-state index is 4.64. The van der Waals surface area contributed by atoms with Crippen LogP contribution in [0.5, 0.6) is 0 Å². The second-order valence-electron chi connectivity index (χ2n) is 7.22. The molecular weight excluding hydrogens is 332 g/mol. The quantitative estimate of drug-likeness (QED) is 0.732. The first kappa shape index (κ1) is 16.2. The minimum atomic E-state index is 0.444. The maximum Gasteiger partial charge on any atom is 0.140 e. The van der Waals surface area contributed by atoms with Crippen LogP contribution >= 0.6 is 0 Å². The zero-order valence-corrected chi connectivity index (χ0v) is 15.3. The van der Waals surface area contributed by atoms with Crippen LogP contribution in [-0.4, -0.2) is 42.4 Å². The molecular formula is C23H23N4+. The molecule has 2 aliphatic rings. The van der Waals surface area contributed by atoms with Crippen LogP contribution in [0.3, 0.4) is 0 Å². The average Bonchev–Trinajstić information content (AvgIpc) is 3.08. The van der Waals surface area contributed by atoms with Gasteiger partial charge in [-0.25, -0.2) is 0 Å². The van der Waals surface area contributed by atoms with E-state index in [9.17, 15) is 0 Å². The Bertz CT molecular complexity index is 913. The summed E-state index contributed by atoms with van der Waals surface area (Å²) in [6.45, 7) is 4.12. The topological polar surface area (TPSA) is 32.9 Å². The van der Waals surface area contributed by atoms with Crippen molar-refractivity contribution < 1.29 is 4.90 Å². The highest BCUT2D eigenvalue weighted by molar-refractivity contribution is 5.78. The first-order valence-corrected chi connectivity index (χ1v) is 9.63. The van der Waals surface area contributed by atoms with Crippen LogP contribution in [0.25, 0.3) is 11.1 Å². The van der Waals surface area contributed by atoms with Crippen molar-refractivity contribution in [3.05, 3.63) is 89.7 Å². The van der Waals surface area contributed by atoms with Gasteiger partial charge in [0.15, 0.2) is 0 Å². The molecule has 4 heteroatoms. The summed E-state index contributed by atoms with van der Waals surface area (Å²) in [5, 5.41) is 6.81. The van der Waals surface area contributed by atoms with Crippen molar-refractivity contribution in [1.29, 1.82) is 0 Å². The van der Waals surface area contributed by atoms with E-state index in [-0.39, 0.29) is 0 Å². The second-order valence-corrected chi connectivity index (χ2v) is 7.22. The molecule has 0 saturated carbocycles. The van der Waals surface area contributed by atoms with Gasteiger partial charge in [0.2, 0.25) is 0 Å². The summed E-state index contributed by atoms with van der Waals surface area (Å²) in [4.78, 5) is 5.95. The fraction of sp³-hybridized carbons (Fsp3) is 0.217. The zero-order valence-electron chi connectivity index (χ0n) is 15.3. The monoisotopic (exact) mass is 355 g/mol. The fourth-order valence-corrected chi connectivity index (χ4v) is 4.37. The summed E-state index contributed by atoms with van der Waals surface area (Å²) in [6, 6.07) is 24.1. The number of aromatic nitrogens is 1. The third-order valence-electron chi connectivity index (χ3n) is 5.67. The van der Waals surface area contributed by atoms with Crippen LogP contribution in [-0.2, 0) is 0 Å². The molecule has 4 nitrogen and oxygen atoms in total. The Labute approximate surface area is 159 Å². The molecule has 0 unspecified atom stereocenters. The van der Waals surface area contributed by atoms with Crippen molar-refractivity contribution in [2.24, 2.45) is 5.10 Å². The minimum Gasteiger partial charge on any atom is -0.322 e. The Balaban J connectivity index is 1.33. The summed E-state index contributed by atoms with van der Waals surface area (Å²) in [7, 11) is 0. The molecule has 2 aromatic carbocycles. The largest absolute Gasteiger partial charge is 0.322 e. The highest BCUT2D eigenvalue weighted by atomic mass is 15.5. The molecule has 2 heterocycles. The molecule has 27 heavy (non-hydrogen) atoms. The van der Waals surface area contributed by atoms with Gasteiger partial charge in [-0.1, -0.05) is 54.6 Å². The average molecular weight is 355 g/mol. The van der Waals surface area contributed by atoms with Crippen molar-refractivity contribution in [2.75, 3.05) is 26.2 Å². The number of nitrogens with zero attached hydrogens (tertiary/aromatic N) is 3. The van der Waals surface area contributed by atoms with Gasteiger partial charge in [-0.3, -0.25) is 9.99 Å². The van der Waals surface area contributed by atoms with Gasteiger partial charge in [0.05, 0.1) is 38.1 Å². The number of nitrogens with one attached hydrogen (secondary N) is 1. The number of hydrazone groups is 1. The lowest BCUT2D eigenvalue weighted by molar-refractivity contribution is -0.929. The number of fused-ring (bicyclic) bond motifs is 3. The Morgan fingerprint density at radius 2 is 1.48 bits per heavy atom. The standard InChI is InChI=1S/C23H22N4/c1-3-10-21-19(8-1)20-9-2-4-11-22(20)23(21)26-13-15-27(16-14-26)25-17-18-7-5-6-12-24-18/h1-12,17,23H,13-16H2/p+1. The molecule has 0 atom stereocenters. The molecule has 134 valence electrons. The van der Waals surface area contributed by atoms with Crippen LogP contribution in [0, 0.1) is 0 Å². The van der Waals surface area contributed by atoms with E-state index in [1.54, 1.807) is 11.1 Å². The molecule has 1 aromatic heterocycles. The van der Waals surface area contributed by atoms with Crippen molar-refractivity contribution in [3.63, 3.8) is 0 Å². The van der Waals surface area contributed by atoms with E-state index < -0.39 is 0 Å². The lowest BCUT2D eigenvalue weighted by Crippen LogP contribution is -3.14. The fourth-order valence-electron chi connectivity index (χ4n) is 4.37. The Kier molecular flexibility index (Phi) is 4.18. The normalized spacial score (nSPS) is 17.3. The van der Waals surface area contributed by atoms with Gasteiger partial charge in [0.1, 0.15) is 6.04 Å². The summed E-state index contributed by atoms with van der Waals surface area (Å²) >= 11 is 0. The predicted molar refractivity (Wildman–Crippen MR) is 108 cm³/mol. The minimum absolute atomic E-state index is 0.444. The van der Waals surface area contributed by atoms with Crippen LogP contribution in [0.15, 0.2) is 78.0 Å². The summed E-state index contributed by atoms with van der Waals surface area (Å²) in [5.41, 5.74) is 6.66. The molecule has 1 aliphatic heterocycles. The highest BCUT2D eigenvalue weighted by Crippen LogP contribution is 2.41. The number of quaternary nitrogens is 1. The second kappa shape index (κ2) is 6.97. The Morgan fingerprint density at radius 3 is 2.11 bits per heavy atom. The van der Waals surface area contributed by atoms with Gasteiger partial charge in [-0.2, -0.15) is 5.10 Å². The molecule has 0 amide bonds. The Hall–Kier alpha value is -2.98. The van der Waals surface area contributed by atoms with Crippen molar-refractivity contribution in [3.8, 4) is 11.1 Å². The first-order valence-electron chi connectivity index (χ1n) is 9.63. The third-order valence-corrected chi connectivity index (χ3v) is 5.67. The van der Waals surface area contributed by atoms with Gasteiger partial charge in [0, 0.05) is 17.3 Å². The maximum atomic E-state index is 4.64. The summed E-state index contributed by atoms with van der Waals surface area (Å²) in [6.07, 6.45) is 3.67. The van der Waals surface area contributed by atoms with Gasteiger partial charge >= 0.3 is 0 Å². The van der Waals surface area contributed by atoms with E-state index >= 15 is 0 Å². The number of hydrogen-bond acceptors (Lipinski definition) is 3. The molecule has 1 fully saturated rings. The SMILES string of the molecule is C(=NN1CC[NH+](C2c3ccccc3-c3ccccc32)CC1)c1ccccn1. The zero-order chi connectivity index (χ0) is 18.1. The molecule has 0 bridgehead atoms. The molecule has 3 aromatic rings. The van der Waals surface area contributed by atoms with Gasteiger partial charge < -0.3 is 4.90 Å². The van der Waals surface area contributed by atoms with Gasteiger partial charge in [-0.15, -0.1) is 0 Å². The number of benzene rings is 2. The van der Waals surface area contributed by atoms with Crippen molar-refractivity contribution >= 4 is 6.21 Å². The lowest BCUT2D eigenvalue weighted by atomic mass is 10.0. The first-order chi connectivity index (χ1) is 13.4. The van der Waals surface area contributed by atoms with E-state index in [1.807, 2.05) is 24.4 Å². The van der Waals surface area contributed by atoms with Crippen molar-refractivity contribution in [2.45, 2.75) is 6.04 Å². The Morgan fingerprint density at radius 1 is 0.852 bits per heavy atom.